The monoisotopic (exact) mass is 338 g/mol. The first-order valence-corrected chi connectivity index (χ1v) is 4.72. The molecule has 3 aliphatic carbocycles. The van der Waals surface area contributed by atoms with Gasteiger partial charge in [-0.25, -0.2) is 0 Å². The summed E-state index contributed by atoms with van der Waals surface area (Å²) in [5, 5.41) is 0. The van der Waals surface area contributed by atoms with E-state index in [9.17, 15) is 0 Å². The van der Waals surface area contributed by atoms with Gasteiger partial charge in [-0.15, -0.1) is 5.57 Å². The molecular weight excluding hydrogens is 324 g/mol. The predicted molar refractivity (Wildman–Crippen MR) is 45.0 cm³/mol. The van der Waals surface area contributed by atoms with Crippen LogP contribution in [0.5, 0.6) is 0 Å². The Labute approximate surface area is 87.5 Å². The topological polar surface area (TPSA) is 0 Å². The van der Waals surface area contributed by atoms with Gasteiger partial charge >= 0.3 is 0 Å². The second-order valence-corrected chi connectivity index (χ2v) is 4.00. The molecule has 0 nitrogen and oxygen atoms in total. The molecule has 1 unspecified atom stereocenters. The average molecular weight is 337 g/mol. The van der Waals surface area contributed by atoms with Crippen molar-refractivity contribution in [1.29, 1.82) is 0 Å². The zero-order valence-electron chi connectivity index (χ0n) is 7.37. The maximum absolute atomic E-state index is 3.59. The Bertz CT molecular complexity index is 273. The van der Waals surface area contributed by atoms with Crippen LogP contribution in [0.1, 0.15) is 39.0 Å². The summed E-state index contributed by atoms with van der Waals surface area (Å²) >= 11 is 0. The molecule has 0 aliphatic heterocycles. The maximum Gasteiger partial charge on any atom is 0 e. The van der Waals surface area contributed by atoms with Crippen molar-refractivity contribution in [1.82, 2.24) is 0 Å². The van der Waals surface area contributed by atoms with E-state index in [4.69, 9.17) is 0 Å². The van der Waals surface area contributed by atoms with Gasteiger partial charge in [-0.1, -0.05) is 38.0 Å². The molecular formula is C11H13Ir-. The molecule has 0 heterocycles. The van der Waals surface area contributed by atoms with Crippen molar-refractivity contribution < 1.29 is 20.1 Å². The number of rotatable bonds is 1. The second-order valence-electron chi connectivity index (χ2n) is 4.00. The van der Waals surface area contributed by atoms with Crippen molar-refractivity contribution in [2.75, 3.05) is 0 Å². The zero-order chi connectivity index (χ0) is 7.47. The molecule has 1 radical (unpaired) electrons. The van der Waals surface area contributed by atoms with E-state index >= 15 is 0 Å². The number of hydrogen-bond donors (Lipinski definition) is 0. The van der Waals surface area contributed by atoms with Crippen LogP contribution in [0.4, 0.5) is 0 Å². The molecule has 0 saturated heterocycles. The Hall–Kier alpha value is 0.0394. The predicted octanol–water partition coefficient (Wildman–Crippen LogP) is 3.01. The van der Waals surface area contributed by atoms with E-state index in [-0.39, 0.29) is 20.1 Å². The van der Waals surface area contributed by atoms with E-state index in [0.29, 0.717) is 5.41 Å². The molecule has 2 fully saturated rings. The van der Waals surface area contributed by atoms with Gasteiger partial charge in [0.25, 0.3) is 0 Å². The van der Waals surface area contributed by atoms with Crippen molar-refractivity contribution in [3.63, 3.8) is 0 Å². The Morgan fingerprint density at radius 1 is 1.50 bits per heavy atom. The van der Waals surface area contributed by atoms with Crippen LogP contribution in [0.3, 0.4) is 0 Å². The van der Waals surface area contributed by atoms with Gasteiger partial charge in [0.2, 0.25) is 0 Å². The summed E-state index contributed by atoms with van der Waals surface area (Å²) in [7, 11) is 0. The quantitative estimate of drug-likeness (QED) is 0.510. The minimum absolute atomic E-state index is 0. The standard InChI is InChI=1S/C11H13.Ir/c1-2-8-7-9-3-5-11(9)6-4-10(8)11;/h2-6H2,1H3;/q-1;. The average Bonchev–Trinajstić information content (AvgIpc) is 2.04. The van der Waals surface area contributed by atoms with Crippen LogP contribution >= 0.6 is 0 Å². The van der Waals surface area contributed by atoms with Crippen LogP contribution in [-0.2, 0) is 20.1 Å². The smallest absolute Gasteiger partial charge is 0 e. The molecule has 67 valence electrons. The normalized spacial score (nSPS) is 34.9. The van der Waals surface area contributed by atoms with Crippen molar-refractivity contribution >= 4 is 0 Å². The van der Waals surface area contributed by atoms with Crippen LogP contribution in [0.2, 0.25) is 0 Å². The van der Waals surface area contributed by atoms with Gasteiger partial charge in [-0.2, -0.15) is 11.5 Å². The van der Waals surface area contributed by atoms with Gasteiger partial charge in [0.15, 0.2) is 0 Å². The Morgan fingerprint density at radius 2 is 2.33 bits per heavy atom. The van der Waals surface area contributed by atoms with Crippen molar-refractivity contribution in [2.45, 2.75) is 39.0 Å². The zero-order valence-corrected chi connectivity index (χ0v) is 9.76. The number of allylic oxidation sites excluding steroid dienone is 1. The molecule has 0 amide bonds. The first-order chi connectivity index (χ1) is 5.37. The van der Waals surface area contributed by atoms with Crippen LogP contribution in [-0.4, -0.2) is 0 Å². The molecule has 1 spiro atoms. The summed E-state index contributed by atoms with van der Waals surface area (Å²) in [4.78, 5) is 0. The van der Waals surface area contributed by atoms with Crippen molar-refractivity contribution in [2.24, 2.45) is 5.41 Å². The molecule has 3 rings (SSSR count). The van der Waals surface area contributed by atoms with E-state index in [1.165, 1.54) is 32.1 Å². The van der Waals surface area contributed by atoms with E-state index in [1.54, 1.807) is 17.1 Å². The third-order valence-electron chi connectivity index (χ3n) is 3.78. The van der Waals surface area contributed by atoms with Crippen molar-refractivity contribution in [3.05, 3.63) is 22.8 Å². The molecule has 0 aromatic rings. The van der Waals surface area contributed by atoms with E-state index in [1.807, 2.05) is 0 Å². The minimum atomic E-state index is 0. The maximum atomic E-state index is 3.59. The van der Waals surface area contributed by atoms with Crippen LogP contribution in [0.25, 0.3) is 0 Å². The molecule has 0 aromatic heterocycles. The first-order valence-electron chi connectivity index (χ1n) is 4.72. The molecule has 1 atom stereocenters. The third kappa shape index (κ3) is 0.708. The fourth-order valence-corrected chi connectivity index (χ4v) is 2.89. The van der Waals surface area contributed by atoms with Gasteiger partial charge in [-0.3, -0.25) is 0 Å². The van der Waals surface area contributed by atoms with E-state index in [2.05, 4.69) is 12.7 Å². The largest absolute Gasteiger partial charge is 0.347 e. The number of hydrogen-bond acceptors (Lipinski definition) is 0. The van der Waals surface area contributed by atoms with E-state index < -0.39 is 0 Å². The first kappa shape index (κ1) is 8.63. The summed E-state index contributed by atoms with van der Waals surface area (Å²) in [5.74, 6) is 1.77. The summed E-state index contributed by atoms with van der Waals surface area (Å²) in [6.07, 6.45) is 6.80. The third-order valence-corrected chi connectivity index (χ3v) is 3.78. The van der Waals surface area contributed by atoms with Crippen LogP contribution in [0.15, 0.2) is 16.9 Å². The SMILES string of the molecule is CCC1=C=C2CCC23CC[C-]13.[Ir]. The molecule has 3 aliphatic rings. The van der Waals surface area contributed by atoms with Gasteiger partial charge in [0.1, 0.15) is 0 Å². The van der Waals surface area contributed by atoms with E-state index in [0.717, 1.165) is 0 Å². The van der Waals surface area contributed by atoms with Gasteiger partial charge in [0, 0.05) is 20.1 Å². The fraction of sp³-hybridized carbons (Fsp3) is 0.636. The Morgan fingerprint density at radius 3 is 2.67 bits per heavy atom. The fourth-order valence-electron chi connectivity index (χ4n) is 2.89. The molecule has 2 saturated carbocycles. The van der Waals surface area contributed by atoms with Gasteiger partial charge < -0.3 is 5.73 Å². The van der Waals surface area contributed by atoms with Crippen molar-refractivity contribution in [3.8, 4) is 0 Å². The molecule has 0 bridgehead atoms. The summed E-state index contributed by atoms with van der Waals surface area (Å²) in [6.45, 7) is 2.26. The molecule has 0 aromatic carbocycles. The summed E-state index contributed by atoms with van der Waals surface area (Å²) in [6, 6.07) is 0. The summed E-state index contributed by atoms with van der Waals surface area (Å²) < 4.78 is 0. The second kappa shape index (κ2) is 2.51. The molecule has 0 N–H and O–H groups in total. The molecule has 12 heavy (non-hydrogen) atoms. The Kier molecular flexibility index (Phi) is 1.81. The summed E-state index contributed by atoms with van der Waals surface area (Å²) in [5.41, 5.74) is 7.43. The van der Waals surface area contributed by atoms with Crippen LogP contribution < -0.4 is 0 Å². The van der Waals surface area contributed by atoms with Gasteiger partial charge in [-0.05, 0) is 6.42 Å². The van der Waals surface area contributed by atoms with Gasteiger partial charge in [0.05, 0.1) is 0 Å². The minimum Gasteiger partial charge on any atom is -0.347 e. The Balaban J connectivity index is 0.000000563. The molecule has 1 heteroatoms. The van der Waals surface area contributed by atoms with Crippen LogP contribution in [0, 0.1) is 11.3 Å².